The zero-order chi connectivity index (χ0) is 17.7. The van der Waals surface area contributed by atoms with Gasteiger partial charge in [-0.1, -0.05) is 32.3 Å². The first kappa shape index (κ1) is 18.6. The molecule has 0 amide bonds. The Labute approximate surface area is 148 Å². The van der Waals surface area contributed by atoms with Gasteiger partial charge in [0.25, 0.3) is 0 Å². The van der Waals surface area contributed by atoms with Gasteiger partial charge in [-0.2, -0.15) is 4.39 Å². The molecule has 1 aliphatic heterocycles. The quantitative estimate of drug-likeness (QED) is 0.620. The fourth-order valence-electron chi connectivity index (χ4n) is 3.84. The van der Waals surface area contributed by atoms with E-state index in [1.165, 1.54) is 0 Å². The molecule has 2 fully saturated rings. The minimum Gasteiger partial charge on any atom is -0.490 e. The van der Waals surface area contributed by atoms with E-state index < -0.39 is 17.4 Å². The lowest BCUT2D eigenvalue weighted by atomic mass is 9.80. The fraction of sp³-hybridized carbons (Fsp3) is 0.700. The number of ether oxygens (including phenoxy) is 3. The molecule has 25 heavy (non-hydrogen) atoms. The van der Waals surface area contributed by atoms with Crippen LogP contribution in [0.5, 0.6) is 5.75 Å². The van der Waals surface area contributed by atoms with Gasteiger partial charge in [0.2, 0.25) is 5.82 Å². The van der Waals surface area contributed by atoms with Crippen LogP contribution in [0.2, 0.25) is 0 Å². The summed E-state index contributed by atoms with van der Waals surface area (Å²) in [6.07, 6.45) is 7.13. The Morgan fingerprint density at radius 3 is 2.44 bits per heavy atom. The summed E-state index contributed by atoms with van der Waals surface area (Å²) < 4.78 is 45.7. The van der Waals surface area contributed by atoms with Crippen molar-refractivity contribution in [1.29, 1.82) is 0 Å². The Hall–Kier alpha value is -1.20. The van der Waals surface area contributed by atoms with Crippen LogP contribution in [-0.2, 0) is 9.47 Å². The van der Waals surface area contributed by atoms with Gasteiger partial charge in [0, 0.05) is 12.8 Å². The van der Waals surface area contributed by atoms with Crippen LogP contribution in [0.4, 0.5) is 8.78 Å². The third-order valence-electron chi connectivity index (χ3n) is 5.33. The van der Waals surface area contributed by atoms with Crippen molar-refractivity contribution in [1.82, 2.24) is 0 Å². The second-order valence-corrected chi connectivity index (χ2v) is 7.07. The van der Waals surface area contributed by atoms with Crippen LogP contribution in [0.1, 0.15) is 69.8 Å². The molecule has 0 unspecified atom stereocenters. The molecule has 1 aromatic rings. The maximum absolute atomic E-state index is 14.5. The minimum atomic E-state index is -0.860. The lowest BCUT2D eigenvalue weighted by molar-refractivity contribution is -0.178. The van der Waals surface area contributed by atoms with Crippen molar-refractivity contribution in [3.63, 3.8) is 0 Å². The zero-order valence-electron chi connectivity index (χ0n) is 15.0. The van der Waals surface area contributed by atoms with Crippen molar-refractivity contribution in [2.45, 2.75) is 70.0 Å². The van der Waals surface area contributed by atoms with Crippen molar-refractivity contribution in [3.05, 3.63) is 29.3 Å². The maximum Gasteiger partial charge on any atom is 0.200 e. The first-order chi connectivity index (χ1) is 12.2. The standard InChI is InChI=1S/C20H28F2O3/c1-2-3-4-5-12-23-17-7-6-16(18(21)19(17)22)15-8-10-20(11-9-15)24-13-14-25-20/h6-7,15H,2-5,8-14H2,1H3. The van der Waals surface area contributed by atoms with Crippen LogP contribution in [0, 0.1) is 11.6 Å². The molecule has 0 aromatic heterocycles. The van der Waals surface area contributed by atoms with Crippen LogP contribution in [0.3, 0.4) is 0 Å². The highest BCUT2D eigenvalue weighted by atomic mass is 19.2. The maximum atomic E-state index is 14.5. The topological polar surface area (TPSA) is 27.7 Å². The molecule has 3 nitrogen and oxygen atoms in total. The lowest BCUT2D eigenvalue weighted by Crippen LogP contribution is -2.34. The summed E-state index contributed by atoms with van der Waals surface area (Å²) in [6.45, 7) is 3.80. The predicted molar refractivity (Wildman–Crippen MR) is 91.8 cm³/mol. The van der Waals surface area contributed by atoms with E-state index in [1.54, 1.807) is 12.1 Å². The average molecular weight is 354 g/mol. The first-order valence-electron chi connectivity index (χ1n) is 9.54. The summed E-state index contributed by atoms with van der Waals surface area (Å²) in [4.78, 5) is 0. The summed E-state index contributed by atoms with van der Waals surface area (Å²) in [5.74, 6) is -2.08. The van der Waals surface area contributed by atoms with Crippen molar-refractivity contribution < 1.29 is 23.0 Å². The van der Waals surface area contributed by atoms with Gasteiger partial charge in [0.1, 0.15) is 0 Å². The van der Waals surface area contributed by atoms with Gasteiger partial charge in [0.15, 0.2) is 17.4 Å². The highest BCUT2D eigenvalue weighted by Gasteiger charge is 2.41. The number of hydrogen-bond acceptors (Lipinski definition) is 3. The van der Waals surface area contributed by atoms with E-state index in [9.17, 15) is 8.78 Å². The fourth-order valence-corrected chi connectivity index (χ4v) is 3.84. The molecule has 1 saturated heterocycles. The largest absolute Gasteiger partial charge is 0.490 e. The van der Waals surface area contributed by atoms with Gasteiger partial charge in [-0.05, 0) is 36.8 Å². The molecule has 1 spiro atoms. The Morgan fingerprint density at radius 1 is 1.04 bits per heavy atom. The van der Waals surface area contributed by atoms with E-state index in [2.05, 4.69) is 6.92 Å². The number of unbranched alkanes of at least 4 members (excludes halogenated alkanes) is 3. The molecule has 140 valence electrons. The van der Waals surface area contributed by atoms with E-state index in [0.29, 0.717) is 25.4 Å². The summed E-state index contributed by atoms with van der Waals surface area (Å²) in [5, 5.41) is 0. The molecule has 0 radical (unpaired) electrons. The molecule has 0 N–H and O–H groups in total. The first-order valence-corrected chi connectivity index (χ1v) is 9.54. The highest BCUT2D eigenvalue weighted by Crippen LogP contribution is 2.43. The lowest BCUT2D eigenvalue weighted by Gasteiger charge is -2.35. The monoisotopic (exact) mass is 354 g/mol. The molecule has 1 aromatic carbocycles. The Morgan fingerprint density at radius 2 is 1.76 bits per heavy atom. The molecule has 5 heteroatoms. The minimum absolute atomic E-state index is 0.00605. The van der Waals surface area contributed by atoms with E-state index in [0.717, 1.165) is 51.4 Å². The van der Waals surface area contributed by atoms with Crippen LogP contribution in [0.25, 0.3) is 0 Å². The second kappa shape index (κ2) is 8.45. The van der Waals surface area contributed by atoms with Crippen molar-refractivity contribution in [3.8, 4) is 5.75 Å². The molecule has 3 rings (SSSR count). The number of hydrogen-bond donors (Lipinski definition) is 0. The molecule has 1 heterocycles. The Bertz CT molecular complexity index is 560. The van der Waals surface area contributed by atoms with Gasteiger partial charge in [-0.15, -0.1) is 0 Å². The van der Waals surface area contributed by atoms with Gasteiger partial charge < -0.3 is 14.2 Å². The van der Waals surface area contributed by atoms with Crippen molar-refractivity contribution >= 4 is 0 Å². The van der Waals surface area contributed by atoms with Gasteiger partial charge in [0.05, 0.1) is 19.8 Å². The molecule has 0 bridgehead atoms. The van der Waals surface area contributed by atoms with Crippen LogP contribution < -0.4 is 4.74 Å². The highest BCUT2D eigenvalue weighted by molar-refractivity contribution is 5.33. The third kappa shape index (κ3) is 4.32. The summed E-state index contributed by atoms with van der Waals surface area (Å²) in [5.41, 5.74) is 0.448. The van der Waals surface area contributed by atoms with Crippen LogP contribution in [-0.4, -0.2) is 25.6 Å². The van der Waals surface area contributed by atoms with Gasteiger partial charge >= 0.3 is 0 Å². The smallest absolute Gasteiger partial charge is 0.200 e. The zero-order valence-corrected chi connectivity index (χ0v) is 15.0. The van der Waals surface area contributed by atoms with Gasteiger partial charge in [-0.25, -0.2) is 4.39 Å². The SMILES string of the molecule is CCCCCCOc1ccc(C2CCC3(CC2)OCCO3)c(F)c1F. The predicted octanol–water partition coefficient (Wildman–Crippen LogP) is 5.32. The molecular weight excluding hydrogens is 326 g/mol. The molecule has 1 aliphatic carbocycles. The van der Waals surface area contributed by atoms with Crippen LogP contribution >= 0.6 is 0 Å². The molecule has 1 saturated carbocycles. The number of benzene rings is 1. The van der Waals surface area contributed by atoms with E-state index in [-0.39, 0.29) is 11.7 Å². The van der Waals surface area contributed by atoms with E-state index in [4.69, 9.17) is 14.2 Å². The number of halogens is 2. The third-order valence-corrected chi connectivity index (χ3v) is 5.33. The van der Waals surface area contributed by atoms with Gasteiger partial charge in [-0.3, -0.25) is 0 Å². The summed E-state index contributed by atoms with van der Waals surface area (Å²) >= 11 is 0. The summed E-state index contributed by atoms with van der Waals surface area (Å²) in [6, 6.07) is 3.25. The normalized spacial score (nSPS) is 20.3. The molecule has 0 atom stereocenters. The average Bonchev–Trinajstić information content (AvgIpc) is 3.08. The van der Waals surface area contributed by atoms with Crippen molar-refractivity contribution in [2.24, 2.45) is 0 Å². The Balaban J connectivity index is 1.58. The molecule has 2 aliphatic rings. The van der Waals surface area contributed by atoms with E-state index in [1.807, 2.05) is 0 Å². The van der Waals surface area contributed by atoms with Crippen molar-refractivity contribution in [2.75, 3.05) is 19.8 Å². The second-order valence-electron chi connectivity index (χ2n) is 7.07. The Kier molecular flexibility index (Phi) is 6.29. The van der Waals surface area contributed by atoms with Crippen LogP contribution in [0.15, 0.2) is 12.1 Å². The summed E-state index contributed by atoms with van der Waals surface area (Å²) in [7, 11) is 0. The number of rotatable bonds is 7. The molecular formula is C20H28F2O3. The van der Waals surface area contributed by atoms with E-state index >= 15 is 0 Å².